The Morgan fingerprint density at radius 2 is 1.83 bits per heavy atom. The van der Waals surface area contributed by atoms with E-state index in [1.54, 1.807) is 25.4 Å². The van der Waals surface area contributed by atoms with Crippen LogP contribution >= 0.6 is 11.3 Å². The number of imidazole rings is 1. The van der Waals surface area contributed by atoms with Crippen molar-refractivity contribution >= 4 is 23.1 Å². The van der Waals surface area contributed by atoms with Gasteiger partial charge in [-0.15, -0.1) is 11.3 Å². The van der Waals surface area contributed by atoms with Gasteiger partial charge in [0.25, 0.3) is 5.91 Å². The second-order valence-electron chi connectivity index (χ2n) is 6.40. The summed E-state index contributed by atoms with van der Waals surface area (Å²) in [5, 5.41) is 5.56. The van der Waals surface area contributed by atoms with Crippen molar-refractivity contribution in [2.45, 2.75) is 6.92 Å². The second-order valence-corrected chi connectivity index (χ2v) is 7.23. The number of benzene rings is 2. The predicted molar refractivity (Wildman–Crippen MR) is 117 cm³/mol. The van der Waals surface area contributed by atoms with Crippen LogP contribution in [0.5, 0.6) is 11.5 Å². The summed E-state index contributed by atoms with van der Waals surface area (Å²) >= 11 is 1.49. The number of methoxy groups -OCH3 is 1. The van der Waals surface area contributed by atoms with Crippen molar-refractivity contribution in [2.24, 2.45) is 0 Å². The maximum Gasteiger partial charge on any atom is 0.263 e. The quantitative estimate of drug-likeness (QED) is 0.481. The monoisotopic (exact) mass is 420 g/mol. The van der Waals surface area contributed by atoms with Crippen LogP contribution in [0, 0.1) is 6.92 Å². The Morgan fingerprint density at radius 1 is 1.10 bits per heavy atom. The third-order valence-corrected chi connectivity index (χ3v) is 5.21. The van der Waals surface area contributed by atoms with Gasteiger partial charge in [0.15, 0.2) is 23.2 Å². The zero-order chi connectivity index (χ0) is 20.9. The first-order valence-electron chi connectivity index (χ1n) is 9.27. The smallest absolute Gasteiger partial charge is 0.263 e. The maximum atomic E-state index is 12.5. The molecule has 2 aromatic carbocycles. The molecule has 0 radical (unpaired) electrons. The molecule has 1 N–H and O–H groups in total. The van der Waals surface area contributed by atoms with Gasteiger partial charge in [0.05, 0.1) is 19.0 Å². The van der Waals surface area contributed by atoms with Crippen molar-refractivity contribution in [3.8, 4) is 27.9 Å². The minimum absolute atomic E-state index is 0.155. The minimum atomic E-state index is -0.304. The van der Waals surface area contributed by atoms with Crippen LogP contribution < -0.4 is 14.8 Å². The molecule has 0 aliphatic heterocycles. The second kappa shape index (κ2) is 8.79. The largest absolute Gasteiger partial charge is 0.493 e. The van der Waals surface area contributed by atoms with Crippen molar-refractivity contribution in [2.75, 3.05) is 19.0 Å². The summed E-state index contributed by atoms with van der Waals surface area (Å²) in [4.78, 5) is 21.5. The Kier molecular flexibility index (Phi) is 5.76. The molecule has 0 aliphatic rings. The lowest BCUT2D eigenvalue weighted by molar-refractivity contribution is -0.118. The van der Waals surface area contributed by atoms with Gasteiger partial charge in [0, 0.05) is 10.9 Å². The van der Waals surface area contributed by atoms with Gasteiger partial charge in [-0.25, -0.2) is 9.97 Å². The van der Waals surface area contributed by atoms with E-state index < -0.39 is 0 Å². The van der Waals surface area contributed by atoms with Crippen LogP contribution in [0.4, 0.5) is 5.82 Å². The molecule has 152 valence electrons. The number of carbonyl (C=O) groups is 1. The fourth-order valence-electron chi connectivity index (χ4n) is 2.94. The first-order valence-corrected chi connectivity index (χ1v) is 10.1. The molecule has 0 aliphatic carbocycles. The number of hydrogen-bond acceptors (Lipinski definition) is 6. The highest BCUT2D eigenvalue weighted by atomic mass is 32.1. The SMILES string of the molecule is COc1ccccc1OCC(=O)Nc1cnc(C)n1-c1nc(-c2ccccc2)cs1. The standard InChI is InChI=1S/C22H20N4O3S/c1-15-23-12-20(25-21(27)13-29-19-11-7-6-10-18(19)28-2)26(15)22-24-17(14-30-22)16-8-4-3-5-9-16/h3-12,14H,13H2,1-2H3,(H,25,27). The number of anilines is 1. The number of para-hydroxylation sites is 2. The van der Waals surface area contributed by atoms with E-state index >= 15 is 0 Å². The normalized spacial score (nSPS) is 10.6. The summed E-state index contributed by atoms with van der Waals surface area (Å²) in [5.41, 5.74) is 1.91. The first kappa shape index (κ1) is 19.7. The van der Waals surface area contributed by atoms with Gasteiger partial charge in [0.1, 0.15) is 11.6 Å². The van der Waals surface area contributed by atoms with E-state index in [9.17, 15) is 4.79 Å². The van der Waals surface area contributed by atoms with Crippen LogP contribution in [0.1, 0.15) is 5.82 Å². The molecule has 0 saturated carbocycles. The van der Waals surface area contributed by atoms with Crippen molar-refractivity contribution in [3.63, 3.8) is 0 Å². The Balaban J connectivity index is 1.49. The average Bonchev–Trinajstić information content (AvgIpc) is 3.39. The summed E-state index contributed by atoms with van der Waals surface area (Å²) in [7, 11) is 1.56. The van der Waals surface area contributed by atoms with Crippen molar-refractivity contribution in [3.05, 3.63) is 72.0 Å². The number of hydrogen-bond donors (Lipinski definition) is 1. The topological polar surface area (TPSA) is 78.3 Å². The Hall–Kier alpha value is -3.65. The highest BCUT2D eigenvalue weighted by molar-refractivity contribution is 7.12. The zero-order valence-electron chi connectivity index (χ0n) is 16.5. The molecule has 1 amide bonds. The molecule has 0 unspecified atom stereocenters. The minimum Gasteiger partial charge on any atom is -0.493 e. The van der Waals surface area contributed by atoms with E-state index in [0.717, 1.165) is 22.2 Å². The molecule has 0 fully saturated rings. The number of nitrogens with one attached hydrogen (secondary N) is 1. The predicted octanol–water partition coefficient (Wildman–Crippen LogP) is 4.33. The van der Waals surface area contributed by atoms with Gasteiger partial charge in [-0.3, -0.25) is 9.36 Å². The number of thiazole rings is 1. The third-order valence-electron chi connectivity index (χ3n) is 4.39. The van der Waals surface area contributed by atoms with Gasteiger partial charge >= 0.3 is 0 Å². The van der Waals surface area contributed by atoms with Crippen LogP contribution in [0.25, 0.3) is 16.4 Å². The molecule has 0 saturated heterocycles. The lowest BCUT2D eigenvalue weighted by atomic mass is 10.2. The first-order chi connectivity index (χ1) is 14.7. The summed E-state index contributed by atoms with van der Waals surface area (Å²) in [6.07, 6.45) is 1.61. The maximum absolute atomic E-state index is 12.5. The summed E-state index contributed by atoms with van der Waals surface area (Å²) in [6.45, 7) is 1.71. The van der Waals surface area contributed by atoms with Gasteiger partial charge in [-0.1, -0.05) is 42.5 Å². The number of ether oxygens (including phenoxy) is 2. The highest BCUT2D eigenvalue weighted by Crippen LogP contribution is 2.28. The molecule has 30 heavy (non-hydrogen) atoms. The van der Waals surface area contributed by atoms with Crippen LogP contribution in [-0.4, -0.2) is 34.2 Å². The van der Waals surface area contributed by atoms with Gasteiger partial charge in [-0.2, -0.15) is 0 Å². The van der Waals surface area contributed by atoms with Gasteiger partial charge in [-0.05, 0) is 19.1 Å². The van der Waals surface area contributed by atoms with Gasteiger partial charge < -0.3 is 14.8 Å². The summed E-state index contributed by atoms with van der Waals surface area (Å²) in [6, 6.07) is 17.1. The molecule has 7 nitrogen and oxygen atoms in total. The number of aryl methyl sites for hydroxylation is 1. The van der Waals surface area contributed by atoms with Crippen molar-refractivity contribution < 1.29 is 14.3 Å². The number of carbonyl (C=O) groups excluding carboxylic acids is 1. The summed E-state index contributed by atoms with van der Waals surface area (Å²) in [5.74, 6) is 2.04. The molecule has 2 heterocycles. The molecule has 0 bridgehead atoms. The van der Waals surface area contributed by atoms with E-state index in [-0.39, 0.29) is 12.5 Å². The van der Waals surface area contributed by atoms with Gasteiger partial charge in [0.2, 0.25) is 0 Å². The zero-order valence-corrected chi connectivity index (χ0v) is 17.3. The van der Waals surface area contributed by atoms with E-state index in [2.05, 4.69) is 10.3 Å². The molecule has 4 rings (SSSR count). The molecule has 2 aromatic heterocycles. The van der Waals surface area contributed by atoms with Crippen molar-refractivity contribution in [1.82, 2.24) is 14.5 Å². The lowest BCUT2D eigenvalue weighted by Crippen LogP contribution is -2.22. The Morgan fingerprint density at radius 3 is 2.60 bits per heavy atom. The lowest BCUT2D eigenvalue weighted by Gasteiger charge is -2.11. The van der Waals surface area contributed by atoms with E-state index in [4.69, 9.17) is 14.5 Å². The fraction of sp³-hybridized carbons (Fsp3) is 0.136. The summed E-state index contributed by atoms with van der Waals surface area (Å²) < 4.78 is 12.7. The van der Waals surface area contributed by atoms with E-state index in [1.165, 1.54) is 11.3 Å². The Bertz CT molecular complexity index is 1150. The van der Waals surface area contributed by atoms with Crippen molar-refractivity contribution in [1.29, 1.82) is 0 Å². The number of amides is 1. The molecule has 4 aromatic rings. The van der Waals surface area contributed by atoms with Crippen LogP contribution in [0.2, 0.25) is 0 Å². The number of rotatable bonds is 7. The van der Waals surface area contributed by atoms with Crippen LogP contribution in [0.3, 0.4) is 0 Å². The molecular formula is C22H20N4O3S. The van der Waals surface area contributed by atoms with E-state index in [0.29, 0.717) is 17.3 Å². The number of aromatic nitrogens is 3. The Labute approximate surface area is 177 Å². The average molecular weight is 420 g/mol. The van der Waals surface area contributed by atoms with Crippen LogP contribution in [-0.2, 0) is 4.79 Å². The van der Waals surface area contributed by atoms with Crippen LogP contribution in [0.15, 0.2) is 66.2 Å². The molecule has 0 atom stereocenters. The molecule has 0 spiro atoms. The third kappa shape index (κ3) is 4.18. The van der Waals surface area contributed by atoms with E-state index in [1.807, 2.05) is 59.3 Å². The fourth-order valence-corrected chi connectivity index (χ4v) is 3.84. The molecule has 8 heteroatoms. The highest BCUT2D eigenvalue weighted by Gasteiger charge is 2.16. The molecular weight excluding hydrogens is 400 g/mol. The number of nitrogens with zero attached hydrogens (tertiary/aromatic N) is 3.